The van der Waals surface area contributed by atoms with Gasteiger partial charge in [0.2, 0.25) is 11.2 Å². The Kier molecular flexibility index (Phi) is 4.84. The molecule has 0 atom stereocenters. The summed E-state index contributed by atoms with van der Waals surface area (Å²) in [6.07, 6.45) is 0. The maximum absolute atomic E-state index is 11.9. The van der Waals surface area contributed by atoms with Gasteiger partial charge in [-0.15, -0.1) is 0 Å². The molecule has 0 saturated heterocycles. The Hall–Kier alpha value is -3.41. The number of aromatic hydroxyl groups is 2. The van der Waals surface area contributed by atoms with Crippen molar-refractivity contribution in [2.24, 2.45) is 0 Å². The third kappa shape index (κ3) is 3.35. The molecular formula is C20H18O6. The normalized spacial score (nSPS) is 10.5. The summed E-state index contributed by atoms with van der Waals surface area (Å²) in [6.45, 7) is 1.73. The molecule has 6 heteroatoms. The average molecular weight is 354 g/mol. The SMILES string of the molecule is COc1cc(-c2oc(O)c(C)c(=O)c2O)ccc1OCc1ccccc1. The molecule has 0 amide bonds. The first kappa shape index (κ1) is 17.4. The highest BCUT2D eigenvalue weighted by Gasteiger charge is 2.18. The monoisotopic (exact) mass is 354 g/mol. The molecule has 134 valence electrons. The molecule has 0 saturated carbocycles. The van der Waals surface area contributed by atoms with Gasteiger partial charge < -0.3 is 24.1 Å². The van der Waals surface area contributed by atoms with E-state index in [0.717, 1.165) is 5.56 Å². The van der Waals surface area contributed by atoms with Gasteiger partial charge in [-0.25, -0.2) is 0 Å². The van der Waals surface area contributed by atoms with E-state index in [4.69, 9.17) is 13.9 Å². The van der Waals surface area contributed by atoms with E-state index in [1.165, 1.54) is 14.0 Å². The summed E-state index contributed by atoms with van der Waals surface area (Å²) in [5, 5.41) is 19.8. The Morgan fingerprint density at radius 3 is 2.46 bits per heavy atom. The molecule has 1 aromatic heterocycles. The van der Waals surface area contributed by atoms with Gasteiger partial charge in [-0.1, -0.05) is 30.3 Å². The predicted molar refractivity (Wildman–Crippen MR) is 95.8 cm³/mol. The van der Waals surface area contributed by atoms with Crippen LogP contribution in [-0.4, -0.2) is 17.3 Å². The molecule has 0 fully saturated rings. The molecule has 0 aliphatic carbocycles. The van der Waals surface area contributed by atoms with E-state index in [-0.39, 0.29) is 11.3 Å². The molecule has 1 heterocycles. The lowest BCUT2D eigenvalue weighted by molar-refractivity contribution is 0.284. The lowest BCUT2D eigenvalue weighted by atomic mass is 10.1. The van der Waals surface area contributed by atoms with Crippen LogP contribution in [0.2, 0.25) is 0 Å². The number of hydrogen-bond acceptors (Lipinski definition) is 6. The van der Waals surface area contributed by atoms with Crippen LogP contribution in [0, 0.1) is 6.92 Å². The lowest BCUT2D eigenvalue weighted by Crippen LogP contribution is -2.05. The van der Waals surface area contributed by atoms with E-state index in [1.54, 1.807) is 18.2 Å². The number of hydrogen-bond donors (Lipinski definition) is 2. The van der Waals surface area contributed by atoms with Gasteiger partial charge in [0.15, 0.2) is 17.3 Å². The number of benzene rings is 2. The van der Waals surface area contributed by atoms with Gasteiger partial charge in [-0.2, -0.15) is 0 Å². The van der Waals surface area contributed by atoms with Crippen LogP contribution in [-0.2, 0) is 6.61 Å². The zero-order chi connectivity index (χ0) is 18.7. The fourth-order valence-corrected chi connectivity index (χ4v) is 2.46. The maximum atomic E-state index is 11.9. The molecule has 2 N–H and O–H groups in total. The highest BCUT2D eigenvalue weighted by molar-refractivity contribution is 5.68. The number of ether oxygens (including phenoxy) is 2. The van der Waals surface area contributed by atoms with Crippen molar-refractivity contribution in [3.63, 3.8) is 0 Å². The molecule has 0 radical (unpaired) electrons. The first-order valence-corrected chi connectivity index (χ1v) is 7.92. The third-order valence-corrected chi connectivity index (χ3v) is 3.95. The Morgan fingerprint density at radius 2 is 1.77 bits per heavy atom. The highest BCUT2D eigenvalue weighted by Crippen LogP contribution is 2.37. The first-order valence-electron chi connectivity index (χ1n) is 7.92. The third-order valence-electron chi connectivity index (χ3n) is 3.95. The summed E-state index contributed by atoms with van der Waals surface area (Å²) in [5.41, 5.74) is 0.637. The fraction of sp³-hybridized carbons (Fsp3) is 0.150. The van der Waals surface area contributed by atoms with Crippen LogP contribution >= 0.6 is 0 Å². The second-order valence-corrected chi connectivity index (χ2v) is 5.68. The minimum atomic E-state index is -0.688. The van der Waals surface area contributed by atoms with Gasteiger partial charge in [0.25, 0.3) is 5.95 Å². The summed E-state index contributed by atoms with van der Waals surface area (Å²) in [6, 6.07) is 14.5. The van der Waals surface area contributed by atoms with Crippen LogP contribution in [0.3, 0.4) is 0 Å². The van der Waals surface area contributed by atoms with Crippen molar-refractivity contribution < 1.29 is 24.1 Å². The van der Waals surface area contributed by atoms with E-state index < -0.39 is 17.1 Å². The van der Waals surface area contributed by atoms with E-state index in [9.17, 15) is 15.0 Å². The molecular weight excluding hydrogens is 336 g/mol. The fourth-order valence-electron chi connectivity index (χ4n) is 2.46. The molecule has 0 spiro atoms. The van der Waals surface area contributed by atoms with Crippen molar-refractivity contribution in [3.8, 4) is 34.5 Å². The Bertz CT molecular complexity index is 976. The van der Waals surface area contributed by atoms with Crippen molar-refractivity contribution in [2.45, 2.75) is 13.5 Å². The van der Waals surface area contributed by atoms with Crippen LogP contribution in [0.4, 0.5) is 0 Å². The molecule has 0 unspecified atom stereocenters. The van der Waals surface area contributed by atoms with Gasteiger partial charge in [-0.3, -0.25) is 4.79 Å². The van der Waals surface area contributed by atoms with Crippen LogP contribution in [0.5, 0.6) is 23.2 Å². The minimum absolute atomic E-state index is 0.0546. The van der Waals surface area contributed by atoms with Gasteiger partial charge in [-0.05, 0) is 30.7 Å². The Balaban J connectivity index is 1.93. The zero-order valence-corrected chi connectivity index (χ0v) is 14.4. The summed E-state index contributed by atoms with van der Waals surface area (Å²) >= 11 is 0. The van der Waals surface area contributed by atoms with Gasteiger partial charge in [0.05, 0.1) is 12.7 Å². The molecule has 0 aliphatic heterocycles. The Labute approximate surface area is 149 Å². The van der Waals surface area contributed by atoms with Gasteiger partial charge >= 0.3 is 0 Å². The van der Waals surface area contributed by atoms with Gasteiger partial charge in [0.1, 0.15) is 6.61 Å². The van der Waals surface area contributed by atoms with Crippen LogP contribution in [0.1, 0.15) is 11.1 Å². The first-order chi connectivity index (χ1) is 12.5. The smallest absolute Gasteiger partial charge is 0.289 e. The van der Waals surface area contributed by atoms with Crippen LogP contribution in [0.15, 0.2) is 57.7 Å². The molecule has 0 aliphatic rings. The summed E-state index contributed by atoms with van der Waals surface area (Å²) in [7, 11) is 1.48. The highest BCUT2D eigenvalue weighted by atomic mass is 16.5. The van der Waals surface area contributed by atoms with Crippen molar-refractivity contribution >= 4 is 0 Å². The topological polar surface area (TPSA) is 89.1 Å². The van der Waals surface area contributed by atoms with Crippen LogP contribution < -0.4 is 14.9 Å². The lowest BCUT2D eigenvalue weighted by Gasteiger charge is -2.13. The molecule has 3 rings (SSSR count). The predicted octanol–water partition coefficient (Wildman–Crippen LogP) is 3.61. The van der Waals surface area contributed by atoms with E-state index >= 15 is 0 Å². The standard InChI is InChI=1S/C20H18O6/c1-12-17(21)18(22)19(26-20(12)23)14-8-9-15(16(10-14)24-2)25-11-13-6-4-3-5-7-13/h3-10,22-23H,11H2,1-2H3. The number of methoxy groups -OCH3 is 1. The van der Waals surface area contributed by atoms with Crippen molar-refractivity contribution in [2.75, 3.05) is 7.11 Å². The maximum Gasteiger partial charge on any atom is 0.289 e. The van der Waals surface area contributed by atoms with Gasteiger partial charge in [0, 0.05) is 5.56 Å². The second-order valence-electron chi connectivity index (χ2n) is 5.68. The number of rotatable bonds is 5. The molecule has 2 aromatic carbocycles. The largest absolute Gasteiger partial charge is 0.502 e. The van der Waals surface area contributed by atoms with E-state index in [0.29, 0.717) is 23.7 Å². The van der Waals surface area contributed by atoms with Crippen molar-refractivity contribution in [1.82, 2.24) is 0 Å². The zero-order valence-electron chi connectivity index (χ0n) is 14.4. The van der Waals surface area contributed by atoms with Crippen molar-refractivity contribution in [1.29, 1.82) is 0 Å². The van der Waals surface area contributed by atoms with E-state index in [1.807, 2.05) is 30.3 Å². The summed E-state index contributed by atoms with van der Waals surface area (Å²) < 4.78 is 16.3. The molecule has 6 nitrogen and oxygen atoms in total. The summed E-state index contributed by atoms with van der Waals surface area (Å²) in [4.78, 5) is 11.9. The molecule has 3 aromatic rings. The van der Waals surface area contributed by atoms with Crippen molar-refractivity contribution in [3.05, 3.63) is 69.9 Å². The molecule has 0 bridgehead atoms. The second kappa shape index (κ2) is 7.23. The summed E-state index contributed by atoms with van der Waals surface area (Å²) in [5.74, 6) is -0.337. The van der Waals surface area contributed by atoms with Crippen LogP contribution in [0.25, 0.3) is 11.3 Å². The molecule has 26 heavy (non-hydrogen) atoms. The average Bonchev–Trinajstić information content (AvgIpc) is 2.68. The minimum Gasteiger partial charge on any atom is -0.502 e. The van der Waals surface area contributed by atoms with E-state index in [2.05, 4.69) is 0 Å². The quantitative estimate of drug-likeness (QED) is 0.727. The Morgan fingerprint density at radius 1 is 1.04 bits per heavy atom.